The third-order valence-electron chi connectivity index (χ3n) is 8.23. The molecule has 15 nitrogen and oxygen atoms in total. The fraction of sp³-hybridized carbons (Fsp3) is 0.344. The highest BCUT2D eigenvalue weighted by molar-refractivity contribution is 7.90. The van der Waals surface area contributed by atoms with Crippen molar-refractivity contribution in [2.45, 2.75) is 55.2 Å². The molecule has 0 saturated carbocycles. The Morgan fingerprint density at radius 2 is 2.04 bits per heavy atom. The van der Waals surface area contributed by atoms with Gasteiger partial charge in [0.05, 0.1) is 48.6 Å². The number of hydrogen-bond acceptors (Lipinski definition) is 14. The minimum Gasteiger partial charge on any atom is -0.456 e. The van der Waals surface area contributed by atoms with Gasteiger partial charge >= 0.3 is 0 Å². The number of benzene rings is 3. The van der Waals surface area contributed by atoms with Gasteiger partial charge < -0.3 is 29.4 Å². The number of aliphatic hydroxyl groups is 1. The van der Waals surface area contributed by atoms with E-state index in [1.165, 1.54) is 16.8 Å². The van der Waals surface area contributed by atoms with E-state index in [-0.39, 0.29) is 58.9 Å². The zero-order valence-electron chi connectivity index (χ0n) is 26.0. The van der Waals surface area contributed by atoms with Crippen molar-refractivity contribution in [1.82, 2.24) is 20.6 Å². The number of fused-ring (bicyclic) bond motifs is 2. The summed E-state index contributed by atoms with van der Waals surface area (Å²) in [5, 5.41) is 32.1. The fourth-order valence-electron chi connectivity index (χ4n) is 5.85. The average Bonchev–Trinajstić information content (AvgIpc) is 3.81. The van der Waals surface area contributed by atoms with Crippen LogP contribution >= 0.6 is 0 Å². The van der Waals surface area contributed by atoms with Gasteiger partial charge in [0.1, 0.15) is 29.4 Å². The Morgan fingerprint density at radius 1 is 1.18 bits per heavy atom. The third kappa shape index (κ3) is 6.62. The number of aliphatic hydroxyl groups excluding tert-OH is 1. The molecule has 2 aliphatic heterocycles. The number of nitriles is 1. The van der Waals surface area contributed by atoms with Crippen molar-refractivity contribution in [3.8, 4) is 29.1 Å². The number of nitrogens with one attached hydrogen (secondary N) is 2. The highest BCUT2D eigenvalue weighted by Gasteiger charge is 2.51. The lowest BCUT2D eigenvalue weighted by molar-refractivity contribution is -0.270. The summed E-state index contributed by atoms with van der Waals surface area (Å²) in [5.41, 5.74) is 3.86. The average molecular weight is 695 g/mol. The quantitative estimate of drug-likeness (QED) is 0.208. The van der Waals surface area contributed by atoms with Crippen molar-refractivity contribution in [1.29, 1.82) is 5.26 Å². The standard InChI is InChI=1S/C32H31FN6O9S/c1-49(41,42)27-10-9-24(45-23-7-3-2-5-19(23)16-34)21-15-32(33,30(40)28(21)27)43-14-12-39-18-20(36-37-39)17-35-22-6-4-8-25-29(22)47-31(46-25)26-11-13-44-38-48-26/h2-10,18,26,30-31,35,38,40H,11-15,17H2,1H3/t26?,30-,31?,32?/m0/s1. The number of nitrogens with zero attached hydrogens (tertiary/aromatic N) is 4. The molecule has 49 heavy (non-hydrogen) atoms. The van der Waals surface area contributed by atoms with E-state index in [0.717, 1.165) is 6.26 Å². The summed E-state index contributed by atoms with van der Waals surface area (Å²) >= 11 is 0. The Balaban J connectivity index is 0.992. The highest BCUT2D eigenvalue weighted by atomic mass is 32.2. The minimum atomic E-state index is -3.86. The Labute approximate surface area is 279 Å². The number of rotatable bonds is 11. The number of halogens is 1. The first-order valence-electron chi connectivity index (χ1n) is 15.3. The molecule has 7 rings (SSSR count). The topological polar surface area (TPSA) is 188 Å². The molecule has 17 heteroatoms. The summed E-state index contributed by atoms with van der Waals surface area (Å²) in [4.78, 5) is 10.1. The lowest BCUT2D eigenvalue weighted by Crippen LogP contribution is -2.43. The molecule has 4 aromatic rings. The van der Waals surface area contributed by atoms with Crippen LogP contribution in [0.15, 0.2) is 65.7 Å². The normalized spacial score (nSPS) is 22.8. The molecule has 0 radical (unpaired) electrons. The van der Waals surface area contributed by atoms with Gasteiger partial charge in [0, 0.05) is 30.2 Å². The summed E-state index contributed by atoms with van der Waals surface area (Å²) < 4.78 is 66.4. The highest BCUT2D eigenvalue weighted by Crippen LogP contribution is 2.50. The van der Waals surface area contributed by atoms with Crippen LogP contribution in [0.2, 0.25) is 0 Å². The molecule has 256 valence electrons. The molecule has 0 amide bonds. The summed E-state index contributed by atoms with van der Waals surface area (Å²) in [5.74, 6) is -1.26. The van der Waals surface area contributed by atoms with Crippen molar-refractivity contribution < 1.29 is 46.5 Å². The molecule has 0 bridgehead atoms. The molecular weight excluding hydrogens is 663 g/mol. The van der Waals surface area contributed by atoms with Crippen LogP contribution in [0.1, 0.15) is 34.9 Å². The second-order valence-corrected chi connectivity index (χ2v) is 13.6. The molecule has 3 aromatic carbocycles. The maximum absolute atomic E-state index is 16.3. The maximum atomic E-state index is 16.3. The van der Waals surface area contributed by atoms with Gasteiger partial charge in [-0.3, -0.25) is 9.68 Å². The van der Waals surface area contributed by atoms with E-state index in [4.69, 9.17) is 28.6 Å². The van der Waals surface area contributed by atoms with Crippen LogP contribution in [0, 0.1) is 11.3 Å². The summed E-state index contributed by atoms with van der Waals surface area (Å²) in [6.07, 6.45) is -0.196. The van der Waals surface area contributed by atoms with Crippen LogP contribution in [0.5, 0.6) is 23.0 Å². The summed E-state index contributed by atoms with van der Waals surface area (Å²) in [7, 11) is -3.86. The first-order chi connectivity index (χ1) is 23.6. The first-order valence-corrected chi connectivity index (χ1v) is 17.2. The number of aromatic nitrogens is 3. The zero-order valence-corrected chi connectivity index (χ0v) is 26.9. The molecule has 0 spiro atoms. The van der Waals surface area contributed by atoms with Crippen molar-refractivity contribution in [3.05, 3.63) is 83.2 Å². The Kier molecular flexibility index (Phi) is 8.83. The second-order valence-electron chi connectivity index (χ2n) is 11.6. The monoisotopic (exact) mass is 694 g/mol. The third-order valence-corrected chi connectivity index (χ3v) is 9.39. The largest absolute Gasteiger partial charge is 0.456 e. The SMILES string of the molecule is CS(=O)(=O)c1ccc(Oc2ccccc2C#N)c2c1[C@H](O)C(F)(OCCn1cc(CNc3cccc4c3OC(C3CCONO3)O4)nn1)C2. The van der Waals surface area contributed by atoms with Gasteiger partial charge in [0.25, 0.3) is 6.29 Å². The van der Waals surface area contributed by atoms with Crippen LogP contribution in [0.3, 0.4) is 0 Å². The van der Waals surface area contributed by atoms with E-state index in [1.54, 1.807) is 36.5 Å². The second kappa shape index (κ2) is 13.2. The maximum Gasteiger partial charge on any atom is 0.269 e. The van der Waals surface area contributed by atoms with E-state index < -0.39 is 34.5 Å². The number of alkyl halides is 1. The molecule has 1 aliphatic carbocycles. The number of hydrogen-bond donors (Lipinski definition) is 3. The van der Waals surface area contributed by atoms with E-state index in [1.807, 2.05) is 18.2 Å². The molecule has 4 atom stereocenters. The number of para-hydroxylation sites is 2. The van der Waals surface area contributed by atoms with Crippen molar-refractivity contribution in [2.24, 2.45) is 0 Å². The molecule has 1 saturated heterocycles. The van der Waals surface area contributed by atoms with Crippen LogP contribution in [-0.4, -0.2) is 66.2 Å². The summed E-state index contributed by atoms with van der Waals surface area (Å²) in [6, 6.07) is 16.6. The van der Waals surface area contributed by atoms with Gasteiger partial charge in [-0.25, -0.2) is 17.5 Å². The van der Waals surface area contributed by atoms with Gasteiger partial charge in [-0.1, -0.05) is 29.1 Å². The van der Waals surface area contributed by atoms with Gasteiger partial charge in [-0.15, -0.1) is 5.10 Å². The van der Waals surface area contributed by atoms with Crippen LogP contribution in [-0.2, 0) is 43.8 Å². The van der Waals surface area contributed by atoms with E-state index >= 15 is 4.39 Å². The van der Waals surface area contributed by atoms with Gasteiger partial charge in [0.15, 0.2) is 27.4 Å². The lowest BCUT2D eigenvalue weighted by atomic mass is 10.1. The Morgan fingerprint density at radius 3 is 2.84 bits per heavy atom. The predicted molar refractivity (Wildman–Crippen MR) is 167 cm³/mol. The van der Waals surface area contributed by atoms with E-state index in [9.17, 15) is 18.8 Å². The molecule has 1 fully saturated rings. The Bertz CT molecular complexity index is 2020. The van der Waals surface area contributed by atoms with Gasteiger partial charge in [-0.2, -0.15) is 5.26 Å². The molecule has 3 N–H and O–H groups in total. The zero-order chi connectivity index (χ0) is 34.2. The smallest absolute Gasteiger partial charge is 0.269 e. The van der Waals surface area contributed by atoms with Crippen LogP contribution in [0.25, 0.3) is 0 Å². The number of sulfone groups is 1. The number of ether oxygens (including phenoxy) is 4. The first kappa shape index (κ1) is 32.7. The molecular formula is C32H31FN6O9S. The van der Waals surface area contributed by atoms with Gasteiger partial charge in [0.2, 0.25) is 5.85 Å². The van der Waals surface area contributed by atoms with Crippen molar-refractivity contribution in [3.63, 3.8) is 0 Å². The van der Waals surface area contributed by atoms with Crippen molar-refractivity contribution in [2.75, 3.05) is 24.8 Å². The molecule has 3 aliphatic rings. The molecule has 1 aromatic heterocycles. The lowest BCUT2D eigenvalue weighted by Gasteiger charge is -2.25. The molecule has 3 unspecified atom stereocenters. The Hall–Kier alpha value is -4.83. The minimum absolute atomic E-state index is 0.0814. The fourth-order valence-corrected chi connectivity index (χ4v) is 6.80. The van der Waals surface area contributed by atoms with E-state index in [0.29, 0.717) is 35.9 Å². The van der Waals surface area contributed by atoms with Gasteiger partial charge in [-0.05, 0) is 36.4 Å². The van der Waals surface area contributed by atoms with E-state index in [2.05, 4.69) is 21.3 Å². The molecule has 3 heterocycles. The van der Waals surface area contributed by atoms with Crippen LogP contribution < -0.4 is 25.2 Å². The van der Waals surface area contributed by atoms with Crippen molar-refractivity contribution >= 4 is 15.5 Å². The predicted octanol–water partition coefficient (Wildman–Crippen LogP) is 3.25. The van der Waals surface area contributed by atoms with Crippen LogP contribution in [0.4, 0.5) is 10.1 Å². The summed E-state index contributed by atoms with van der Waals surface area (Å²) in [6.45, 7) is 0.601. The number of anilines is 1.